The van der Waals surface area contributed by atoms with Crippen molar-refractivity contribution < 1.29 is 23.7 Å². The zero-order valence-electron chi connectivity index (χ0n) is 20.3. The van der Waals surface area contributed by atoms with Gasteiger partial charge in [-0.1, -0.05) is 36.5 Å². The first-order chi connectivity index (χ1) is 17.5. The van der Waals surface area contributed by atoms with Gasteiger partial charge in [0.05, 0.1) is 35.1 Å². The lowest BCUT2D eigenvalue weighted by Crippen LogP contribution is -2.39. The van der Waals surface area contributed by atoms with E-state index in [1.54, 1.807) is 30.5 Å². The maximum atomic E-state index is 13.7. The van der Waals surface area contributed by atoms with Crippen LogP contribution in [-0.2, 0) is 9.53 Å². The third-order valence-electron chi connectivity index (χ3n) is 5.88. The molecule has 2 aromatic carbocycles. The molecule has 0 N–H and O–H groups in total. The van der Waals surface area contributed by atoms with Gasteiger partial charge in [-0.15, -0.1) is 0 Å². The van der Waals surface area contributed by atoms with Crippen LogP contribution in [0.1, 0.15) is 44.4 Å². The molecule has 3 heterocycles. The van der Waals surface area contributed by atoms with E-state index in [9.17, 15) is 9.59 Å². The highest BCUT2D eigenvalue weighted by Gasteiger charge is 2.34. The fourth-order valence-corrected chi connectivity index (χ4v) is 5.27. The van der Waals surface area contributed by atoms with E-state index in [2.05, 4.69) is 11.9 Å². The summed E-state index contributed by atoms with van der Waals surface area (Å²) in [6.45, 7) is 6.56. The highest BCUT2D eigenvalue weighted by molar-refractivity contribution is 7.07. The number of benzene rings is 2. The van der Waals surface area contributed by atoms with Crippen molar-refractivity contribution >= 4 is 23.4 Å². The molecule has 9 heteroatoms. The first-order valence-electron chi connectivity index (χ1n) is 11.8. The van der Waals surface area contributed by atoms with Gasteiger partial charge in [0.25, 0.3) is 5.56 Å². The molecule has 0 aliphatic carbocycles. The van der Waals surface area contributed by atoms with E-state index in [0.717, 1.165) is 17.7 Å². The second-order valence-corrected chi connectivity index (χ2v) is 9.34. The topological polar surface area (TPSA) is 88.3 Å². The largest absolute Gasteiger partial charge is 0.494 e. The number of carbonyl (C=O) groups is 1. The lowest BCUT2D eigenvalue weighted by Gasteiger charge is -2.24. The van der Waals surface area contributed by atoms with Gasteiger partial charge in [-0.2, -0.15) is 0 Å². The van der Waals surface area contributed by atoms with E-state index in [4.69, 9.17) is 18.9 Å². The Balaban J connectivity index is 1.62. The molecule has 2 aliphatic rings. The summed E-state index contributed by atoms with van der Waals surface area (Å²) in [6.07, 6.45) is 2.76. The van der Waals surface area contributed by atoms with Crippen LogP contribution in [0, 0.1) is 0 Å². The highest BCUT2D eigenvalue weighted by atomic mass is 32.1. The highest BCUT2D eigenvalue weighted by Crippen LogP contribution is 2.38. The van der Waals surface area contributed by atoms with Crippen LogP contribution in [0.2, 0.25) is 0 Å². The molecule has 0 saturated heterocycles. The molecule has 2 aliphatic heterocycles. The molecule has 0 unspecified atom stereocenters. The maximum Gasteiger partial charge on any atom is 0.338 e. The molecule has 1 aromatic heterocycles. The summed E-state index contributed by atoms with van der Waals surface area (Å²) in [4.78, 5) is 31.9. The number of thiazole rings is 1. The minimum atomic E-state index is -0.707. The summed E-state index contributed by atoms with van der Waals surface area (Å²) in [7, 11) is 0. The molecule has 5 rings (SSSR count). The number of esters is 1. The average molecular weight is 507 g/mol. The van der Waals surface area contributed by atoms with Crippen LogP contribution in [-0.4, -0.2) is 30.5 Å². The van der Waals surface area contributed by atoms with Gasteiger partial charge in [0.15, 0.2) is 16.3 Å². The smallest absolute Gasteiger partial charge is 0.338 e. The van der Waals surface area contributed by atoms with Crippen molar-refractivity contribution in [1.82, 2.24) is 4.57 Å². The van der Waals surface area contributed by atoms with Crippen molar-refractivity contribution in [3.05, 3.63) is 84.5 Å². The van der Waals surface area contributed by atoms with Gasteiger partial charge in [-0.25, -0.2) is 9.79 Å². The van der Waals surface area contributed by atoms with Crippen molar-refractivity contribution in [1.29, 1.82) is 0 Å². The van der Waals surface area contributed by atoms with E-state index in [0.29, 0.717) is 44.3 Å². The van der Waals surface area contributed by atoms with Crippen molar-refractivity contribution in [2.75, 3.05) is 20.0 Å². The lowest BCUT2D eigenvalue weighted by atomic mass is 9.95. The van der Waals surface area contributed by atoms with Gasteiger partial charge in [-0.3, -0.25) is 9.36 Å². The first kappa shape index (κ1) is 23.9. The summed E-state index contributed by atoms with van der Waals surface area (Å²) < 4.78 is 24.1. The summed E-state index contributed by atoms with van der Waals surface area (Å²) in [5.74, 6) is 1.47. The van der Waals surface area contributed by atoms with E-state index in [-0.39, 0.29) is 19.0 Å². The van der Waals surface area contributed by atoms with Crippen LogP contribution in [0.3, 0.4) is 0 Å². The minimum absolute atomic E-state index is 0.128. The normalized spacial score (nSPS) is 16.5. The molecule has 0 saturated carbocycles. The second-order valence-electron chi connectivity index (χ2n) is 8.33. The lowest BCUT2D eigenvalue weighted by molar-refractivity contribution is -0.139. The number of rotatable bonds is 7. The second kappa shape index (κ2) is 10.0. The number of fused-ring (bicyclic) bond motifs is 2. The molecule has 3 aromatic rings. The van der Waals surface area contributed by atoms with E-state index in [1.807, 2.05) is 36.4 Å². The fraction of sp³-hybridized carbons (Fsp3) is 0.296. The SMILES string of the molecule is CCCOc1ccc(/C=c2\sc3n(c2=O)[C@@H](c2ccc4c(c2)OCO4)C(C(=O)OCC)=C(C)N=3)cc1. The predicted molar refractivity (Wildman–Crippen MR) is 135 cm³/mol. The van der Waals surface area contributed by atoms with Crippen LogP contribution in [0.25, 0.3) is 6.08 Å². The Morgan fingerprint density at radius 1 is 1.17 bits per heavy atom. The summed E-state index contributed by atoms with van der Waals surface area (Å²) >= 11 is 1.28. The monoisotopic (exact) mass is 506 g/mol. The van der Waals surface area contributed by atoms with E-state index < -0.39 is 12.0 Å². The Morgan fingerprint density at radius 3 is 2.69 bits per heavy atom. The molecule has 0 amide bonds. The summed E-state index contributed by atoms with van der Waals surface area (Å²) in [6, 6.07) is 12.3. The van der Waals surface area contributed by atoms with Crippen LogP contribution in [0.4, 0.5) is 0 Å². The molecule has 36 heavy (non-hydrogen) atoms. The quantitative estimate of drug-likeness (QED) is 0.457. The van der Waals surface area contributed by atoms with Crippen LogP contribution in [0.15, 0.2) is 63.5 Å². The van der Waals surface area contributed by atoms with E-state index >= 15 is 0 Å². The Hall–Kier alpha value is -3.85. The van der Waals surface area contributed by atoms with Gasteiger partial charge in [0, 0.05) is 0 Å². The minimum Gasteiger partial charge on any atom is -0.494 e. The molecule has 0 radical (unpaired) electrons. The summed E-state index contributed by atoms with van der Waals surface area (Å²) in [5, 5.41) is 0. The third kappa shape index (κ3) is 4.42. The van der Waals surface area contributed by atoms with Crippen molar-refractivity contribution in [3.63, 3.8) is 0 Å². The maximum absolute atomic E-state index is 13.7. The van der Waals surface area contributed by atoms with Gasteiger partial charge in [0.2, 0.25) is 6.79 Å². The summed E-state index contributed by atoms with van der Waals surface area (Å²) in [5.41, 5.74) is 2.18. The number of aromatic nitrogens is 1. The number of hydrogen-bond acceptors (Lipinski definition) is 8. The average Bonchev–Trinajstić information content (AvgIpc) is 3.46. The van der Waals surface area contributed by atoms with Crippen molar-refractivity contribution in [2.45, 2.75) is 33.2 Å². The molecule has 0 spiro atoms. The first-order valence-corrected chi connectivity index (χ1v) is 12.6. The number of nitrogens with zero attached hydrogens (tertiary/aromatic N) is 2. The number of ether oxygens (including phenoxy) is 4. The zero-order chi connectivity index (χ0) is 25.2. The molecular weight excluding hydrogens is 480 g/mol. The molecular formula is C27H26N2O6S. The molecule has 1 atom stereocenters. The number of carbonyl (C=O) groups excluding carboxylic acids is 1. The fourth-order valence-electron chi connectivity index (χ4n) is 4.22. The Morgan fingerprint density at radius 2 is 1.94 bits per heavy atom. The predicted octanol–water partition coefficient (Wildman–Crippen LogP) is 3.32. The number of hydrogen-bond donors (Lipinski definition) is 0. The third-order valence-corrected chi connectivity index (χ3v) is 6.86. The van der Waals surface area contributed by atoms with Gasteiger partial charge >= 0.3 is 5.97 Å². The van der Waals surface area contributed by atoms with Crippen LogP contribution < -0.4 is 29.1 Å². The molecule has 0 fully saturated rings. The molecule has 8 nitrogen and oxygen atoms in total. The molecule has 0 bridgehead atoms. The Kier molecular flexibility index (Phi) is 6.65. The van der Waals surface area contributed by atoms with Crippen LogP contribution in [0.5, 0.6) is 17.2 Å². The number of allylic oxidation sites excluding steroid dienone is 1. The Bertz CT molecular complexity index is 1520. The van der Waals surface area contributed by atoms with E-state index in [1.165, 1.54) is 11.3 Å². The molecule has 186 valence electrons. The Labute approximate surface area is 211 Å². The van der Waals surface area contributed by atoms with Crippen LogP contribution >= 0.6 is 11.3 Å². The van der Waals surface area contributed by atoms with Gasteiger partial charge < -0.3 is 18.9 Å². The van der Waals surface area contributed by atoms with Crippen molar-refractivity contribution in [3.8, 4) is 17.2 Å². The van der Waals surface area contributed by atoms with Gasteiger partial charge in [-0.05, 0) is 61.7 Å². The van der Waals surface area contributed by atoms with Gasteiger partial charge in [0.1, 0.15) is 5.75 Å². The van der Waals surface area contributed by atoms with Crippen molar-refractivity contribution in [2.24, 2.45) is 4.99 Å². The standard InChI is InChI=1S/C27H26N2O6S/c1-4-12-33-19-9-6-17(7-10-19)13-22-25(30)29-24(18-8-11-20-21(14-18)35-15-34-20)23(26(31)32-5-2)16(3)28-27(29)36-22/h6-11,13-14,24H,4-5,12,15H2,1-3H3/b22-13-/t24-/m0/s1. The zero-order valence-corrected chi connectivity index (χ0v) is 21.1.